The van der Waals surface area contributed by atoms with Crippen LogP contribution in [-0.2, 0) is 28.9 Å². The SMILES string of the molecule is C=CC(=O)NCc1ccc2nc(-n3cc(C#N)c(N=Nc4c(CCCCOC)nc(NC)nc4Cc4c(C)cc(C)cc4C)n3)sc2c1. The molecule has 3 aromatic heterocycles. The molecule has 0 saturated heterocycles. The number of nitrogens with one attached hydrogen (secondary N) is 2. The van der Waals surface area contributed by atoms with Crippen molar-refractivity contribution in [3.63, 3.8) is 0 Å². The average Bonchev–Trinajstić information content (AvgIpc) is 3.70. The summed E-state index contributed by atoms with van der Waals surface area (Å²) in [4.78, 5) is 25.9. The Kier molecular flexibility index (Phi) is 11.0. The van der Waals surface area contributed by atoms with Gasteiger partial charge in [-0.1, -0.05) is 41.7 Å². The first-order chi connectivity index (χ1) is 23.2. The summed E-state index contributed by atoms with van der Waals surface area (Å²) in [5.74, 6) is 0.441. The molecule has 0 saturated carbocycles. The zero-order chi connectivity index (χ0) is 34.2. The highest BCUT2D eigenvalue weighted by Crippen LogP contribution is 2.32. The maximum absolute atomic E-state index is 11.6. The molecule has 5 rings (SSSR count). The van der Waals surface area contributed by atoms with E-state index in [0.717, 1.165) is 40.0 Å². The van der Waals surface area contributed by atoms with Crippen molar-refractivity contribution in [1.82, 2.24) is 30.0 Å². The molecule has 246 valence electrons. The van der Waals surface area contributed by atoms with Gasteiger partial charge in [-0.2, -0.15) is 5.26 Å². The van der Waals surface area contributed by atoms with Crippen LogP contribution >= 0.6 is 11.3 Å². The van der Waals surface area contributed by atoms with E-state index >= 15 is 0 Å². The van der Waals surface area contributed by atoms with Gasteiger partial charge in [0.1, 0.15) is 17.3 Å². The second kappa shape index (κ2) is 15.5. The van der Waals surface area contributed by atoms with E-state index < -0.39 is 0 Å². The quantitative estimate of drug-likeness (QED) is 0.0740. The Morgan fingerprint density at radius 2 is 1.88 bits per heavy atom. The average molecular weight is 663 g/mol. The number of aromatic nitrogens is 5. The third kappa shape index (κ3) is 7.96. The molecule has 12 nitrogen and oxygen atoms in total. The second-order valence-corrected chi connectivity index (χ2v) is 12.4. The monoisotopic (exact) mass is 662 g/mol. The Morgan fingerprint density at radius 1 is 1.10 bits per heavy atom. The summed E-state index contributed by atoms with van der Waals surface area (Å²) in [7, 11) is 3.49. The maximum atomic E-state index is 11.6. The molecule has 0 aliphatic carbocycles. The van der Waals surface area contributed by atoms with Crippen LogP contribution < -0.4 is 10.6 Å². The Bertz CT molecular complexity index is 2020. The molecule has 0 aliphatic heterocycles. The van der Waals surface area contributed by atoms with E-state index in [2.05, 4.69) is 66.4 Å². The number of nitrogens with zero attached hydrogens (tertiary/aromatic N) is 8. The Hall–Kier alpha value is -5.32. The molecule has 0 spiro atoms. The van der Waals surface area contributed by atoms with Crippen molar-refractivity contribution in [2.24, 2.45) is 10.2 Å². The molecule has 0 atom stereocenters. The van der Waals surface area contributed by atoms with Gasteiger partial charge in [0.25, 0.3) is 0 Å². The molecular formula is C35H38N10O2S. The summed E-state index contributed by atoms with van der Waals surface area (Å²) >= 11 is 1.42. The minimum absolute atomic E-state index is 0.168. The van der Waals surface area contributed by atoms with Crippen LogP contribution in [0.15, 0.2) is 59.4 Å². The Labute approximate surface area is 283 Å². The van der Waals surface area contributed by atoms with Crippen LogP contribution in [0.1, 0.15) is 57.6 Å². The number of benzene rings is 2. The van der Waals surface area contributed by atoms with Crippen molar-refractivity contribution in [3.05, 3.63) is 94.0 Å². The number of unbranched alkanes of at least 4 members (excludes halogenated alkanes) is 1. The number of azo groups is 1. The molecule has 2 N–H and O–H groups in total. The molecule has 0 aliphatic rings. The molecule has 0 bridgehead atoms. The molecule has 0 fully saturated rings. The van der Waals surface area contributed by atoms with Crippen LogP contribution in [0.3, 0.4) is 0 Å². The number of amides is 1. The van der Waals surface area contributed by atoms with Crippen molar-refractivity contribution >= 4 is 44.9 Å². The molecule has 3 heterocycles. The number of carbonyl (C=O) groups is 1. The fourth-order valence-electron chi connectivity index (χ4n) is 5.41. The molecule has 0 radical (unpaired) electrons. The van der Waals surface area contributed by atoms with Crippen molar-refractivity contribution < 1.29 is 9.53 Å². The number of fused-ring (bicyclic) bond motifs is 1. The normalized spacial score (nSPS) is 11.2. The molecule has 1 amide bonds. The van der Waals surface area contributed by atoms with Crippen LogP contribution in [0.4, 0.5) is 17.5 Å². The summed E-state index contributed by atoms with van der Waals surface area (Å²) in [6.07, 6.45) is 5.74. The lowest BCUT2D eigenvalue weighted by molar-refractivity contribution is -0.116. The van der Waals surface area contributed by atoms with Gasteiger partial charge in [-0.15, -0.1) is 15.3 Å². The van der Waals surface area contributed by atoms with Crippen LogP contribution in [0.2, 0.25) is 0 Å². The number of anilines is 1. The number of rotatable bonds is 14. The number of nitriles is 1. The van der Waals surface area contributed by atoms with E-state index in [1.54, 1.807) is 25.0 Å². The molecular weight excluding hydrogens is 625 g/mol. The number of thiazole rings is 1. The van der Waals surface area contributed by atoms with Gasteiger partial charge in [-0.05, 0) is 80.5 Å². The van der Waals surface area contributed by atoms with Gasteiger partial charge >= 0.3 is 0 Å². The zero-order valence-electron chi connectivity index (χ0n) is 27.8. The number of hydrogen-bond donors (Lipinski definition) is 2. The lowest BCUT2D eigenvalue weighted by Crippen LogP contribution is -2.19. The number of methoxy groups -OCH3 is 1. The van der Waals surface area contributed by atoms with Crippen LogP contribution in [0, 0.1) is 32.1 Å². The molecule has 48 heavy (non-hydrogen) atoms. The van der Waals surface area contributed by atoms with Crippen molar-refractivity contribution in [2.45, 2.75) is 53.0 Å². The van der Waals surface area contributed by atoms with Crippen LogP contribution in [0.25, 0.3) is 15.3 Å². The Morgan fingerprint density at radius 3 is 2.58 bits per heavy atom. The van der Waals surface area contributed by atoms with E-state index in [-0.39, 0.29) is 17.3 Å². The first-order valence-electron chi connectivity index (χ1n) is 15.6. The maximum Gasteiger partial charge on any atom is 0.243 e. The van der Waals surface area contributed by atoms with Gasteiger partial charge < -0.3 is 15.4 Å². The topological polar surface area (TPSA) is 155 Å². The fraction of sp³-hybridized carbons (Fsp3) is 0.314. The summed E-state index contributed by atoms with van der Waals surface area (Å²) in [6.45, 7) is 10.8. The van der Waals surface area contributed by atoms with Gasteiger partial charge in [-0.25, -0.2) is 19.6 Å². The van der Waals surface area contributed by atoms with Gasteiger partial charge in [0.2, 0.25) is 22.8 Å². The highest BCUT2D eigenvalue weighted by Gasteiger charge is 2.19. The molecule has 5 aromatic rings. The summed E-state index contributed by atoms with van der Waals surface area (Å²) < 4.78 is 7.72. The lowest BCUT2D eigenvalue weighted by atomic mass is 9.95. The van der Waals surface area contributed by atoms with Crippen LogP contribution in [-0.4, -0.2) is 51.4 Å². The zero-order valence-corrected chi connectivity index (χ0v) is 28.6. The van der Waals surface area contributed by atoms with Gasteiger partial charge in [0.15, 0.2) is 0 Å². The third-order valence-electron chi connectivity index (χ3n) is 7.80. The summed E-state index contributed by atoms with van der Waals surface area (Å²) in [5.41, 5.74) is 8.76. The largest absolute Gasteiger partial charge is 0.385 e. The van der Waals surface area contributed by atoms with Gasteiger partial charge in [-0.3, -0.25) is 4.79 Å². The van der Waals surface area contributed by atoms with Gasteiger partial charge in [0, 0.05) is 33.7 Å². The van der Waals surface area contributed by atoms with E-state index in [1.165, 1.54) is 39.7 Å². The van der Waals surface area contributed by atoms with E-state index in [4.69, 9.17) is 24.8 Å². The molecule has 0 unspecified atom stereocenters. The minimum Gasteiger partial charge on any atom is -0.385 e. The highest BCUT2D eigenvalue weighted by atomic mass is 32.1. The number of carbonyl (C=O) groups excluding carboxylic acids is 1. The van der Waals surface area contributed by atoms with E-state index in [9.17, 15) is 10.1 Å². The van der Waals surface area contributed by atoms with Gasteiger partial charge in [0.05, 0.1) is 27.8 Å². The highest BCUT2D eigenvalue weighted by molar-refractivity contribution is 7.20. The van der Waals surface area contributed by atoms with E-state index in [0.29, 0.717) is 42.8 Å². The van der Waals surface area contributed by atoms with Crippen molar-refractivity contribution in [1.29, 1.82) is 5.26 Å². The number of ether oxygens (including phenoxy) is 1. The predicted octanol–water partition coefficient (Wildman–Crippen LogP) is 6.89. The molecule has 13 heteroatoms. The third-order valence-corrected chi connectivity index (χ3v) is 8.81. The second-order valence-electron chi connectivity index (χ2n) is 11.4. The number of hydrogen-bond acceptors (Lipinski definition) is 11. The smallest absolute Gasteiger partial charge is 0.243 e. The minimum atomic E-state index is -0.238. The fourth-order valence-corrected chi connectivity index (χ4v) is 6.37. The van der Waals surface area contributed by atoms with Crippen molar-refractivity contribution in [2.75, 3.05) is 26.1 Å². The van der Waals surface area contributed by atoms with E-state index in [1.807, 2.05) is 18.2 Å². The predicted molar refractivity (Wildman–Crippen MR) is 188 cm³/mol. The molecule has 2 aromatic carbocycles. The summed E-state index contributed by atoms with van der Waals surface area (Å²) in [5, 5.41) is 30.2. The lowest BCUT2D eigenvalue weighted by Gasteiger charge is -2.15. The first-order valence-corrected chi connectivity index (χ1v) is 16.4. The first kappa shape index (κ1) is 34.0. The summed E-state index contributed by atoms with van der Waals surface area (Å²) in [6, 6.07) is 12.3. The van der Waals surface area contributed by atoms with Crippen molar-refractivity contribution in [3.8, 4) is 11.2 Å². The van der Waals surface area contributed by atoms with Crippen LogP contribution in [0.5, 0.6) is 0 Å². The Balaban J connectivity index is 1.51. The number of aryl methyl sites for hydroxylation is 4. The standard InChI is InChI=1S/C35H38N10O2S/c1-7-31(46)38-19-24-11-12-27-30(16-24)48-35(41-27)45-20-25(18-36)33(44-45)43-42-32-28(10-8-9-13-47-6)39-34(37-5)40-29(32)17-26-22(3)14-21(2)15-23(26)4/h7,11-12,14-16,20H,1,8-10,13,17,19H2,2-6H3,(H,38,46)(H,37,39,40).